The topological polar surface area (TPSA) is 41.1 Å². The van der Waals surface area contributed by atoms with Crippen LogP contribution in [0.15, 0.2) is 30.5 Å². The van der Waals surface area contributed by atoms with E-state index in [4.69, 9.17) is 11.6 Å². The van der Waals surface area contributed by atoms with E-state index < -0.39 is 11.7 Å². The van der Waals surface area contributed by atoms with Crippen molar-refractivity contribution in [3.8, 4) is 0 Å². The summed E-state index contributed by atoms with van der Waals surface area (Å²) in [5.74, 6) is 1.66. The molecular formula is C17H18ClF3N4. The van der Waals surface area contributed by atoms with Crippen LogP contribution >= 0.6 is 11.6 Å². The SMILES string of the molecule is CC1CCN(c2nccc(Nc3cc(C(F)(F)F)ccc3Cl)n2)CC1. The van der Waals surface area contributed by atoms with Crippen LogP contribution < -0.4 is 10.2 Å². The van der Waals surface area contributed by atoms with Gasteiger partial charge in [-0.3, -0.25) is 0 Å². The molecule has 3 rings (SSSR count). The van der Waals surface area contributed by atoms with Gasteiger partial charge in [-0.1, -0.05) is 18.5 Å². The second-order valence-electron chi connectivity index (χ2n) is 6.23. The third kappa shape index (κ3) is 4.34. The smallest absolute Gasteiger partial charge is 0.341 e. The third-order valence-corrected chi connectivity index (χ3v) is 4.60. The Morgan fingerprint density at radius 2 is 1.92 bits per heavy atom. The molecule has 1 aliphatic rings. The molecule has 134 valence electrons. The van der Waals surface area contributed by atoms with Crippen LogP contribution in [0.5, 0.6) is 0 Å². The number of halogens is 4. The Bertz CT molecular complexity index is 743. The van der Waals surface area contributed by atoms with Crippen molar-refractivity contribution in [2.45, 2.75) is 25.9 Å². The van der Waals surface area contributed by atoms with E-state index in [1.165, 1.54) is 6.07 Å². The summed E-state index contributed by atoms with van der Waals surface area (Å²) in [5.41, 5.74) is -0.605. The summed E-state index contributed by atoms with van der Waals surface area (Å²) in [6, 6.07) is 4.76. The van der Waals surface area contributed by atoms with Crippen LogP contribution in [0, 0.1) is 5.92 Å². The molecule has 0 amide bonds. The maximum absolute atomic E-state index is 12.9. The van der Waals surface area contributed by atoms with Crippen molar-refractivity contribution in [2.75, 3.05) is 23.3 Å². The molecule has 2 heterocycles. The number of rotatable bonds is 3. The van der Waals surface area contributed by atoms with E-state index in [0.29, 0.717) is 17.7 Å². The van der Waals surface area contributed by atoms with Gasteiger partial charge >= 0.3 is 6.18 Å². The van der Waals surface area contributed by atoms with Crippen LogP contribution in [0.2, 0.25) is 5.02 Å². The number of hydrogen-bond acceptors (Lipinski definition) is 4. The zero-order chi connectivity index (χ0) is 18.0. The minimum atomic E-state index is -4.43. The van der Waals surface area contributed by atoms with E-state index in [9.17, 15) is 13.2 Å². The third-order valence-electron chi connectivity index (χ3n) is 4.27. The summed E-state index contributed by atoms with van der Waals surface area (Å²) in [7, 11) is 0. The molecule has 1 aromatic heterocycles. The number of aromatic nitrogens is 2. The molecule has 2 aromatic rings. The molecule has 0 saturated carbocycles. The van der Waals surface area contributed by atoms with Gasteiger partial charge in [-0.2, -0.15) is 18.2 Å². The first kappa shape index (κ1) is 17.8. The Morgan fingerprint density at radius 3 is 2.60 bits per heavy atom. The largest absolute Gasteiger partial charge is 0.416 e. The van der Waals surface area contributed by atoms with Crippen LogP contribution in [0.1, 0.15) is 25.3 Å². The van der Waals surface area contributed by atoms with Crippen molar-refractivity contribution in [1.29, 1.82) is 0 Å². The lowest BCUT2D eigenvalue weighted by Gasteiger charge is -2.30. The van der Waals surface area contributed by atoms with Gasteiger partial charge in [0.15, 0.2) is 0 Å². The highest BCUT2D eigenvalue weighted by Crippen LogP contribution is 2.34. The molecule has 8 heteroatoms. The maximum Gasteiger partial charge on any atom is 0.416 e. The second-order valence-corrected chi connectivity index (χ2v) is 6.64. The van der Waals surface area contributed by atoms with Crippen LogP contribution in [0.4, 0.5) is 30.6 Å². The Morgan fingerprint density at radius 1 is 1.20 bits per heavy atom. The lowest BCUT2D eigenvalue weighted by molar-refractivity contribution is -0.137. The molecule has 0 unspecified atom stereocenters. The first-order valence-corrected chi connectivity index (χ1v) is 8.42. The summed E-state index contributed by atoms with van der Waals surface area (Å²) in [5, 5.41) is 3.06. The number of nitrogens with zero attached hydrogens (tertiary/aromatic N) is 3. The number of alkyl halides is 3. The molecule has 25 heavy (non-hydrogen) atoms. The minimum Gasteiger partial charge on any atom is -0.341 e. The fourth-order valence-electron chi connectivity index (χ4n) is 2.71. The molecule has 0 atom stereocenters. The van der Waals surface area contributed by atoms with E-state index in [1.54, 1.807) is 12.3 Å². The Hall–Kier alpha value is -2.02. The molecule has 1 aromatic carbocycles. The molecule has 0 radical (unpaired) electrons. The first-order chi connectivity index (χ1) is 11.8. The van der Waals surface area contributed by atoms with Crippen molar-refractivity contribution < 1.29 is 13.2 Å². The predicted octanol–water partition coefficient (Wildman–Crippen LogP) is 5.13. The van der Waals surface area contributed by atoms with E-state index in [-0.39, 0.29) is 10.7 Å². The molecule has 1 aliphatic heterocycles. The van der Waals surface area contributed by atoms with Gasteiger partial charge in [0, 0.05) is 19.3 Å². The number of anilines is 3. The van der Waals surface area contributed by atoms with Gasteiger partial charge < -0.3 is 10.2 Å². The highest BCUT2D eigenvalue weighted by molar-refractivity contribution is 6.33. The van der Waals surface area contributed by atoms with Gasteiger partial charge in [0.2, 0.25) is 5.95 Å². The predicted molar refractivity (Wildman–Crippen MR) is 92.4 cm³/mol. The standard InChI is InChI=1S/C17H18ClF3N4/c1-11-5-8-25(9-6-11)16-22-7-4-15(24-16)23-14-10-12(17(19,20)21)2-3-13(14)18/h2-4,7,10-11H,5-6,8-9H2,1H3,(H,22,23,24). The monoisotopic (exact) mass is 370 g/mol. The summed E-state index contributed by atoms with van der Waals surface area (Å²) in [4.78, 5) is 10.8. The van der Waals surface area contributed by atoms with E-state index in [2.05, 4.69) is 27.1 Å². The fraction of sp³-hybridized carbons (Fsp3) is 0.412. The quantitative estimate of drug-likeness (QED) is 0.813. The van der Waals surface area contributed by atoms with Crippen molar-refractivity contribution in [1.82, 2.24) is 9.97 Å². The fourth-order valence-corrected chi connectivity index (χ4v) is 2.88. The van der Waals surface area contributed by atoms with Gasteiger partial charge in [-0.15, -0.1) is 0 Å². The molecule has 0 bridgehead atoms. The van der Waals surface area contributed by atoms with E-state index in [1.807, 2.05) is 0 Å². The lowest BCUT2D eigenvalue weighted by Crippen LogP contribution is -2.34. The highest BCUT2D eigenvalue weighted by atomic mass is 35.5. The molecule has 0 aliphatic carbocycles. The average Bonchev–Trinajstić information content (AvgIpc) is 2.57. The average molecular weight is 371 g/mol. The Labute approximate surface area is 149 Å². The summed E-state index contributed by atoms with van der Waals surface area (Å²) < 4.78 is 38.6. The summed E-state index contributed by atoms with van der Waals surface area (Å²) in [6.45, 7) is 3.95. The van der Waals surface area contributed by atoms with Crippen molar-refractivity contribution in [3.05, 3.63) is 41.0 Å². The number of hydrogen-bond donors (Lipinski definition) is 1. The van der Waals surface area contributed by atoms with Crippen molar-refractivity contribution >= 4 is 29.1 Å². The normalized spacial score (nSPS) is 16.1. The molecule has 1 fully saturated rings. The number of benzene rings is 1. The van der Waals surface area contributed by atoms with Crippen LogP contribution in [-0.2, 0) is 6.18 Å². The first-order valence-electron chi connectivity index (χ1n) is 8.04. The Balaban J connectivity index is 1.81. The minimum absolute atomic E-state index is 0.161. The maximum atomic E-state index is 12.9. The molecule has 1 N–H and O–H groups in total. The van der Waals surface area contributed by atoms with Gasteiger partial charge in [-0.05, 0) is 43.0 Å². The number of piperidine rings is 1. The Kier molecular flexibility index (Phi) is 5.03. The van der Waals surface area contributed by atoms with Gasteiger partial charge in [0.05, 0.1) is 16.3 Å². The van der Waals surface area contributed by atoms with Crippen LogP contribution in [0.25, 0.3) is 0 Å². The van der Waals surface area contributed by atoms with Gasteiger partial charge in [0.25, 0.3) is 0 Å². The zero-order valence-electron chi connectivity index (χ0n) is 13.6. The zero-order valence-corrected chi connectivity index (χ0v) is 14.4. The highest BCUT2D eigenvalue weighted by Gasteiger charge is 2.31. The molecule has 0 spiro atoms. The van der Waals surface area contributed by atoms with Crippen LogP contribution in [-0.4, -0.2) is 23.1 Å². The van der Waals surface area contributed by atoms with Gasteiger partial charge in [0.1, 0.15) is 5.82 Å². The molecule has 1 saturated heterocycles. The van der Waals surface area contributed by atoms with E-state index in [0.717, 1.165) is 38.1 Å². The van der Waals surface area contributed by atoms with E-state index >= 15 is 0 Å². The lowest BCUT2D eigenvalue weighted by atomic mass is 10.00. The number of nitrogens with one attached hydrogen (secondary N) is 1. The summed E-state index contributed by atoms with van der Waals surface area (Å²) in [6.07, 6.45) is -0.701. The van der Waals surface area contributed by atoms with Gasteiger partial charge in [-0.25, -0.2) is 4.98 Å². The van der Waals surface area contributed by atoms with Crippen LogP contribution in [0.3, 0.4) is 0 Å². The van der Waals surface area contributed by atoms with Crippen molar-refractivity contribution in [3.63, 3.8) is 0 Å². The van der Waals surface area contributed by atoms with Crippen molar-refractivity contribution in [2.24, 2.45) is 5.92 Å². The second kappa shape index (κ2) is 7.07. The molecule has 4 nitrogen and oxygen atoms in total. The summed E-state index contributed by atoms with van der Waals surface area (Å²) >= 11 is 6.02. The molecular weight excluding hydrogens is 353 g/mol.